The fourth-order valence-corrected chi connectivity index (χ4v) is 0.631. The zero-order valence-electron chi connectivity index (χ0n) is 7.95. The third kappa shape index (κ3) is 5.97. The van der Waals surface area contributed by atoms with Crippen LogP contribution in [0.25, 0.3) is 0 Å². The molecular formula is C8H13N3O3. The van der Waals surface area contributed by atoms with E-state index in [-0.39, 0.29) is 25.7 Å². The molecule has 0 saturated heterocycles. The van der Waals surface area contributed by atoms with Gasteiger partial charge in [-0.15, -0.1) is 0 Å². The molecule has 6 nitrogen and oxygen atoms in total. The predicted molar refractivity (Wildman–Crippen MR) is 47.8 cm³/mol. The van der Waals surface area contributed by atoms with Crippen molar-refractivity contribution >= 4 is 11.8 Å². The quantitative estimate of drug-likeness (QED) is 0.522. The third-order valence-electron chi connectivity index (χ3n) is 1.38. The lowest BCUT2D eigenvalue weighted by Crippen LogP contribution is -2.32. The van der Waals surface area contributed by atoms with E-state index in [2.05, 4.69) is 5.32 Å². The Hall–Kier alpha value is -1.61. The number of nitrogens with two attached hydrogens (primary N) is 1. The van der Waals surface area contributed by atoms with Gasteiger partial charge in [0.15, 0.2) is 0 Å². The summed E-state index contributed by atoms with van der Waals surface area (Å²) in [5, 5.41) is 10.8. The van der Waals surface area contributed by atoms with Gasteiger partial charge in [-0.1, -0.05) is 0 Å². The van der Waals surface area contributed by atoms with Crippen molar-refractivity contribution < 1.29 is 14.3 Å². The highest BCUT2D eigenvalue weighted by Gasteiger charge is 2.09. The topological polar surface area (TPSA) is 105 Å². The summed E-state index contributed by atoms with van der Waals surface area (Å²) in [6.07, 6.45) is 0. The molecule has 0 bridgehead atoms. The molecular weight excluding hydrogens is 186 g/mol. The Bertz CT molecular complexity index is 247. The van der Waals surface area contributed by atoms with Crippen molar-refractivity contribution in [3.8, 4) is 6.07 Å². The van der Waals surface area contributed by atoms with E-state index in [0.717, 1.165) is 0 Å². The molecule has 2 amide bonds. The van der Waals surface area contributed by atoms with Crippen molar-refractivity contribution in [3.05, 3.63) is 0 Å². The summed E-state index contributed by atoms with van der Waals surface area (Å²) in [7, 11) is 0. The largest absolute Gasteiger partial charge is 0.370 e. The first-order valence-electron chi connectivity index (χ1n) is 4.11. The Balaban J connectivity index is 3.42. The second kappa shape index (κ2) is 6.86. The Morgan fingerprint density at radius 1 is 1.64 bits per heavy atom. The summed E-state index contributed by atoms with van der Waals surface area (Å²) in [5.74, 6) is -1.58. The van der Waals surface area contributed by atoms with Gasteiger partial charge in [-0.05, 0) is 6.92 Å². The summed E-state index contributed by atoms with van der Waals surface area (Å²) in [5.41, 5.74) is 4.81. The highest BCUT2D eigenvalue weighted by molar-refractivity contribution is 5.80. The van der Waals surface area contributed by atoms with Gasteiger partial charge in [-0.25, -0.2) is 0 Å². The molecule has 0 aromatic carbocycles. The lowest BCUT2D eigenvalue weighted by atomic mass is 10.2. The van der Waals surface area contributed by atoms with Crippen LogP contribution in [0.4, 0.5) is 0 Å². The van der Waals surface area contributed by atoms with Gasteiger partial charge >= 0.3 is 0 Å². The van der Waals surface area contributed by atoms with Crippen molar-refractivity contribution in [3.63, 3.8) is 0 Å². The molecule has 0 fully saturated rings. The van der Waals surface area contributed by atoms with Crippen LogP contribution < -0.4 is 11.1 Å². The number of nitriles is 1. The number of carbonyl (C=O) groups is 2. The predicted octanol–water partition coefficient (Wildman–Crippen LogP) is -1.24. The van der Waals surface area contributed by atoms with Crippen LogP contribution in [0.5, 0.6) is 0 Å². The maximum atomic E-state index is 11.0. The molecule has 1 unspecified atom stereocenters. The van der Waals surface area contributed by atoms with E-state index in [1.807, 2.05) is 0 Å². The van der Waals surface area contributed by atoms with E-state index in [9.17, 15) is 9.59 Å². The third-order valence-corrected chi connectivity index (χ3v) is 1.38. The molecule has 0 rings (SSSR count). The van der Waals surface area contributed by atoms with E-state index in [4.69, 9.17) is 15.7 Å². The zero-order valence-corrected chi connectivity index (χ0v) is 7.95. The van der Waals surface area contributed by atoms with E-state index >= 15 is 0 Å². The molecule has 0 aromatic heterocycles. The van der Waals surface area contributed by atoms with E-state index in [0.29, 0.717) is 0 Å². The van der Waals surface area contributed by atoms with Gasteiger partial charge in [0.05, 0.1) is 12.7 Å². The molecule has 0 aliphatic carbocycles. The minimum Gasteiger partial charge on any atom is -0.370 e. The van der Waals surface area contributed by atoms with Gasteiger partial charge < -0.3 is 15.8 Å². The highest BCUT2D eigenvalue weighted by atomic mass is 16.5. The Morgan fingerprint density at radius 3 is 2.79 bits per heavy atom. The first-order chi connectivity index (χ1) is 6.57. The maximum Gasteiger partial charge on any atom is 0.243 e. The molecule has 0 heterocycles. The summed E-state index contributed by atoms with van der Waals surface area (Å²) in [4.78, 5) is 21.2. The summed E-state index contributed by atoms with van der Waals surface area (Å²) in [6.45, 7) is 1.80. The molecule has 0 aliphatic rings. The van der Waals surface area contributed by atoms with Crippen molar-refractivity contribution in [1.29, 1.82) is 5.26 Å². The fourth-order valence-electron chi connectivity index (χ4n) is 0.631. The van der Waals surface area contributed by atoms with Crippen LogP contribution in [-0.4, -0.2) is 31.6 Å². The molecule has 6 heteroatoms. The van der Waals surface area contributed by atoms with Crippen LogP contribution in [0.15, 0.2) is 0 Å². The lowest BCUT2D eigenvalue weighted by molar-refractivity contribution is -0.123. The molecule has 3 N–H and O–H groups in total. The Kier molecular flexibility index (Phi) is 6.07. The number of amides is 2. The van der Waals surface area contributed by atoms with Gasteiger partial charge in [0.2, 0.25) is 11.8 Å². The number of carbonyl (C=O) groups excluding carboxylic acids is 2. The zero-order chi connectivity index (χ0) is 11.0. The molecule has 0 aromatic rings. The van der Waals surface area contributed by atoms with Crippen molar-refractivity contribution in [1.82, 2.24) is 5.32 Å². The van der Waals surface area contributed by atoms with Gasteiger partial charge in [0, 0.05) is 6.54 Å². The Labute approximate surface area is 82.0 Å². The minimum atomic E-state index is -0.675. The molecule has 0 radical (unpaired) electrons. The SMILES string of the molecule is CC(C#N)C(=O)NCCOCC(N)=O. The number of nitrogens with one attached hydrogen (secondary N) is 1. The standard InChI is InChI=1S/C8H13N3O3/c1-6(4-9)8(13)11-2-3-14-5-7(10)12/h6H,2-3,5H2,1H3,(H2,10,12)(H,11,13). The first kappa shape index (κ1) is 12.4. The molecule has 78 valence electrons. The number of rotatable bonds is 6. The van der Waals surface area contributed by atoms with Crippen LogP contribution in [0.1, 0.15) is 6.92 Å². The van der Waals surface area contributed by atoms with Crippen LogP contribution in [0.2, 0.25) is 0 Å². The first-order valence-corrected chi connectivity index (χ1v) is 4.11. The van der Waals surface area contributed by atoms with Gasteiger partial charge in [-0.3, -0.25) is 9.59 Å². The summed E-state index contributed by atoms with van der Waals surface area (Å²) < 4.78 is 4.79. The number of hydrogen-bond donors (Lipinski definition) is 2. The maximum absolute atomic E-state index is 11.0. The molecule has 0 saturated carbocycles. The van der Waals surface area contributed by atoms with Gasteiger partial charge in [0.25, 0.3) is 0 Å². The Morgan fingerprint density at radius 2 is 2.29 bits per heavy atom. The van der Waals surface area contributed by atoms with Crippen LogP contribution in [0.3, 0.4) is 0 Å². The fraction of sp³-hybridized carbons (Fsp3) is 0.625. The number of ether oxygens (including phenoxy) is 1. The normalized spacial score (nSPS) is 11.4. The van der Waals surface area contributed by atoms with Crippen LogP contribution >= 0.6 is 0 Å². The molecule has 1 atom stereocenters. The van der Waals surface area contributed by atoms with Crippen molar-refractivity contribution in [2.75, 3.05) is 19.8 Å². The van der Waals surface area contributed by atoms with Crippen molar-refractivity contribution in [2.24, 2.45) is 11.7 Å². The van der Waals surface area contributed by atoms with E-state index in [1.165, 1.54) is 6.92 Å². The van der Waals surface area contributed by atoms with E-state index < -0.39 is 11.8 Å². The average molecular weight is 199 g/mol. The lowest BCUT2D eigenvalue weighted by Gasteiger charge is -2.05. The number of nitrogens with zero attached hydrogens (tertiary/aromatic N) is 1. The van der Waals surface area contributed by atoms with Crippen molar-refractivity contribution in [2.45, 2.75) is 6.92 Å². The van der Waals surface area contributed by atoms with Crippen LogP contribution in [-0.2, 0) is 14.3 Å². The van der Waals surface area contributed by atoms with Gasteiger partial charge in [-0.2, -0.15) is 5.26 Å². The van der Waals surface area contributed by atoms with Crippen LogP contribution in [0, 0.1) is 17.2 Å². The summed E-state index contributed by atoms with van der Waals surface area (Å²) >= 11 is 0. The van der Waals surface area contributed by atoms with Gasteiger partial charge in [0.1, 0.15) is 12.5 Å². The highest BCUT2D eigenvalue weighted by Crippen LogP contribution is 1.89. The smallest absolute Gasteiger partial charge is 0.243 e. The van der Waals surface area contributed by atoms with E-state index in [1.54, 1.807) is 6.07 Å². The molecule has 0 spiro atoms. The monoisotopic (exact) mass is 199 g/mol. The summed E-state index contributed by atoms with van der Waals surface area (Å²) in [6, 6.07) is 1.80. The second-order valence-electron chi connectivity index (χ2n) is 2.66. The number of primary amides is 1. The minimum absolute atomic E-state index is 0.163. The number of hydrogen-bond acceptors (Lipinski definition) is 4. The second-order valence-corrected chi connectivity index (χ2v) is 2.66. The molecule has 0 aliphatic heterocycles. The molecule has 14 heavy (non-hydrogen) atoms. The average Bonchev–Trinajstić information content (AvgIpc) is 2.15.